The number of nitrogens with zero attached hydrogens (tertiary/aromatic N) is 3. The maximum absolute atomic E-state index is 12.0. The number of hydrogen-bond donors (Lipinski definition) is 0. The van der Waals surface area contributed by atoms with E-state index in [1.54, 1.807) is 25.1 Å². The molecule has 110 valence electrons. The van der Waals surface area contributed by atoms with E-state index in [-0.39, 0.29) is 6.54 Å². The molecule has 1 saturated heterocycles. The predicted octanol–water partition coefficient (Wildman–Crippen LogP) is 0.674. The Kier molecular flexibility index (Phi) is 4.05. The van der Waals surface area contributed by atoms with Crippen LogP contribution in [0.4, 0.5) is 0 Å². The summed E-state index contributed by atoms with van der Waals surface area (Å²) in [4.78, 5) is 27.9. The molecule has 21 heavy (non-hydrogen) atoms. The Balaban J connectivity index is 2.28. The van der Waals surface area contributed by atoms with Gasteiger partial charge in [-0.2, -0.15) is 4.79 Å². The summed E-state index contributed by atoms with van der Waals surface area (Å²) >= 11 is 0. The first-order valence-electron chi connectivity index (χ1n) is 6.31. The van der Waals surface area contributed by atoms with Crippen molar-refractivity contribution < 1.29 is 23.9 Å². The van der Waals surface area contributed by atoms with E-state index >= 15 is 0 Å². The molecule has 1 aliphatic rings. The first-order chi connectivity index (χ1) is 10.0. The molecule has 0 saturated carbocycles. The molecule has 0 unspecified atom stereocenters. The van der Waals surface area contributed by atoms with Crippen molar-refractivity contribution in [2.24, 2.45) is 0 Å². The topological polar surface area (TPSA) is 92.2 Å². The van der Waals surface area contributed by atoms with Crippen molar-refractivity contribution in [2.75, 3.05) is 14.2 Å². The molecule has 0 N–H and O–H groups in total. The molecule has 7 heteroatoms. The first kappa shape index (κ1) is 14.7. The third kappa shape index (κ3) is 2.51. The van der Waals surface area contributed by atoms with Crippen LogP contribution < -0.4 is 9.47 Å². The second-order valence-electron chi connectivity index (χ2n) is 4.61. The van der Waals surface area contributed by atoms with E-state index in [2.05, 4.69) is 4.79 Å². The van der Waals surface area contributed by atoms with Gasteiger partial charge in [0, 0.05) is 6.54 Å². The minimum atomic E-state index is -0.656. The average molecular weight is 289 g/mol. The summed E-state index contributed by atoms with van der Waals surface area (Å²) < 4.78 is 10.3. The van der Waals surface area contributed by atoms with E-state index in [9.17, 15) is 9.59 Å². The van der Waals surface area contributed by atoms with Crippen LogP contribution in [0.2, 0.25) is 0 Å². The minimum absolute atomic E-state index is 0.213. The summed E-state index contributed by atoms with van der Waals surface area (Å²) in [5.74, 6) is 0.0557. The number of carbonyl (C=O) groups is 2. The van der Waals surface area contributed by atoms with Gasteiger partial charge in [-0.1, -0.05) is 6.07 Å². The molecule has 1 heterocycles. The molecule has 0 bridgehead atoms. The molecule has 1 atom stereocenters. The number of rotatable bonds is 4. The number of ketones is 1. The second kappa shape index (κ2) is 5.76. The molecule has 1 aromatic carbocycles. The third-order valence-corrected chi connectivity index (χ3v) is 3.44. The van der Waals surface area contributed by atoms with Crippen molar-refractivity contribution in [3.63, 3.8) is 0 Å². The Morgan fingerprint density at radius 2 is 1.90 bits per heavy atom. The highest BCUT2D eigenvalue weighted by molar-refractivity contribution is 6.67. The van der Waals surface area contributed by atoms with Crippen LogP contribution in [-0.4, -0.2) is 47.4 Å². The molecule has 1 aromatic rings. The van der Waals surface area contributed by atoms with E-state index in [1.807, 2.05) is 0 Å². The van der Waals surface area contributed by atoms with Crippen LogP contribution in [0.25, 0.3) is 5.53 Å². The van der Waals surface area contributed by atoms with Crippen molar-refractivity contribution in [3.8, 4) is 11.5 Å². The Morgan fingerprint density at radius 1 is 1.24 bits per heavy atom. The van der Waals surface area contributed by atoms with Crippen LogP contribution in [0.15, 0.2) is 18.2 Å². The standard InChI is InChI=1S/C14H15N3O4/c1-8-13(18)12(16-15)14(19)17(8)7-9-4-5-10(20-2)11(6-9)21-3/h4-6,8H,7H2,1-3H3/t8-/m0/s1. The number of Topliss-reactive ketones (excluding diaryl/α,β-unsaturated/α-hetero) is 1. The van der Waals surface area contributed by atoms with Gasteiger partial charge in [0.25, 0.3) is 5.78 Å². The number of hydrogen-bond acceptors (Lipinski definition) is 4. The lowest BCUT2D eigenvalue weighted by Gasteiger charge is -2.19. The summed E-state index contributed by atoms with van der Waals surface area (Å²) in [6, 6.07) is 4.58. The van der Waals surface area contributed by atoms with Crippen molar-refractivity contribution >= 4 is 17.4 Å². The molecule has 1 amide bonds. The van der Waals surface area contributed by atoms with E-state index in [4.69, 9.17) is 15.0 Å². The molecule has 0 radical (unpaired) electrons. The molecule has 0 aromatic heterocycles. The summed E-state index contributed by atoms with van der Waals surface area (Å²) in [5, 5.41) is 0. The van der Waals surface area contributed by atoms with Crippen molar-refractivity contribution in [3.05, 3.63) is 29.3 Å². The van der Waals surface area contributed by atoms with Crippen molar-refractivity contribution in [1.82, 2.24) is 4.90 Å². The largest absolute Gasteiger partial charge is 0.493 e. The van der Waals surface area contributed by atoms with Gasteiger partial charge in [0.15, 0.2) is 11.5 Å². The van der Waals surface area contributed by atoms with Crippen molar-refractivity contribution in [2.45, 2.75) is 19.5 Å². The van der Waals surface area contributed by atoms with Crippen LogP contribution >= 0.6 is 0 Å². The van der Waals surface area contributed by atoms with E-state index in [0.717, 1.165) is 5.56 Å². The van der Waals surface area contributed by atoms with Gasteiger partial charge in [-0.05, 0) is 24.6 Å². The fourth-order valence-corrected chi connectivity index (χ4v) is 2.23. The zero-order valence-corrected chi connectivity index (χ0v) is 12.0. The van der Waals surface area contributed by atoms with Gasteiger partial charge in [-0.15, -0.1) is 0 Å². The van der Waals surface area contributed by atoms with E-state index in [0.29, 0.717) is 11.5 Å². The Morgan fingerprint density at radius 3 is 2.43 bits per heavy atom. The third-order valence-electron chi connectivity index (χ3n) is 3.44. The van der Waals surface area contributed by atoms with Gasteiger partial charge in [-0.25, -0.2) is 0 Å². The fourth-order valence-electron chi connectivity index (χ4n) is 2.23. The minimum Gasteiger partial charge on any atom is -0.493 e. The van der Waals surface area contributed by atoms with Gasteiger partial charge in [0.05, 0.1) is 14.2 Å². The number of carbonyl (C=O) groups excluding carboxylic acids is 2. The molecule has 0 aliphatic carbocycles. The lowest BCUT2D eigenvalue weighted by molar-refractivity contribution is -0.128. The molecule has 1 fully saturated rings. The molecular formula is C14H15N3O4. The zero-order chi connectivity index (χ0) is 15.6. The maximum Gasteiger partial charge on any atom is 0.424 e. The van der Waals surface area contributed by atoms with Crippen molar-refractivity contribution in [1.29, 1.82) is 0 Å². The maximum atomic E-state index is 12.0. The normalized spacial score (nSPS) is 18.0. The van der Waals surface area contributed by atoms with Crippen LogP contribution in [0.1, 0.15) is 12.5 Å². The van der Waals surface area contributed by atoms with E-state index in [1.165, 1.54) is 19.1 Å². The summed E-state index contributed by atoms with van der Waals surface area (Å²) in [7, 11) is 3.05. The Bertz CT molecular complexity index is 650. The lowest BCUT2D eigenvalue weighted by Crippen LogP contribution is -2.32. The SMILES string of the molecule is COc1ccc(CN2C(=O)C(=[N+]=[N-])C(=O)[C@@H]2C)cc1OC. The Hall–Kier alpha value is -2.66. The van der Waals surface area contributed by atoms with Crippen LogP contribution in [0.5, 0.6) is 11.5 Å². The van der Waals surface area contributed by atoms with Gasteiger partial charge in [0.1, 0.15) is 6.04 Å². The fraction of sp³-hybridized carbons (Fsp3) is 0.357. The molecule has 1 aliphatic heterocycles. The number of ether oxygens (including phenoxy) is 2. The summed E-state index contributed by atoms with van der Waals surface area (Å²) in [6.45, 7) is 1.81. The molecule has 0 spiro atoms. The number of benzene rings is 1. The summed E-state index contributed by atoms with van der Waals surface area (Å²) in [6.07, 6.45) is 0. The zero-order valence-electron chi connectivity index (χ0n) is 12.0. The van der Waals surface area contributed by atoms with Crippen LogP contribution in [0, 0.1) is 0 Å². The quantitative estimate of drug-likeness (QED) is 0.601. The van der Waals surface area contributed by atoms with E-state index < -0.39 is 23.4 Å². The lowest BCUT2D eigenvalue weighted by atomic mass is 10.1. The average Bonchev–Trinajstić information content (AvgIpc) is 2.70. The molecular weight excluding hydrogens is 274 g/mol. The van der Waals surface area contributed by atoms with Gasteiger partial charge < -0.3 is 19.9 Å². The number of likely N-dealkylation sites (tertiary alicyclic amines) is 1. The van der Waals surface area contributed by atoms with Crippen LogP contribution in [0.3, 0.4) is 0 Å². The van der Waals surface area contributed by atoms with Gasteiger partial charge in [-0.3, -0.25) is 9.59 Å². The first-order valence-corrected chi connectivity index (χ1v) is 6.31. The van der Waals surface area contributed by atoms with Crippen LogP contribution in [-0.2, 0) is 16.1 Å². The number of methoxy groups -OCH3 is 2. The smallest absolute Gasteiger partial charge is 0.424 e. The highest BCUT2D eigenvalue weighted by atomic mass is 16.5. The highest BCUT2D eigenvalue weighted by Gasteiger charge is 2.48. The predicted molar refractivity (Wildman–Crippen MR) is 73.2 cm³/mol. The Labute approximate surface area is 121 Å². The monoisotopic (exact) mass is 289 g/mol. The van der Waals surface area contributed by atoms with Gasteiger partial charge >= 0.3 is 11.6 Å². The molecule has 7 nitrogen and oxygen atoms in total. The molecule has 2 rings (SSSR count). The van der Waals surface area contributed by atoms with Gasteiger partial charge in [0.2, 0.25) is 0 Å². The highest BCUT2D eigenvalue weighted by Crippen LogP contribution is 2.28. The number of amides is 1. The summed E-state index contributed by atoms with van der Waals surface area (Å²) in [5.41, 5.74) is 9.09. The second-order valence-corrected chi connectivity index (χ2v) is 4.61.